The minimum absolute atomic E-state index is 0.270. The summed E-state index contributed by atoms with van der Waals surface area (Å²) in [6.07, 6.45) is -2.04. The summed E-state index contributed by atoms with van der Waals surface area (Å²) in [7, 11) is 0. The molecule has 136 valence electrons. The Bertz CT molecular complexity index is 709. The van der Waals surface area contributed by atoms with E-state index in [4.69, 9.17) is 4.52 Å². The Kier molecular flexibility index (Phi) is 4.83. The van der Waals surface area contributed by atoms with Crippen molar-refractivity contribution in [2.75, 3.05) is 6.54 Å². The molecule has 1 unspecified atom stereocenters. The molecule has 1 aromatic heterocycles. The highest BCUT2D eigenvalue weighted by Crippen LogP contribution is 2.39. The smallest absolute Gasteiger partial charge is 0.391 e. The average Bonchev–Trinajstić information content (AvgIpc) is 2.92. The molecule has 0 spiro atoms. The largest absolute Gasteiger partial charge is 0.416 e. The normalized spacial score (nSPS) is 18.0. The van der Waals surface area contributed by atoms with Crippen molar-refractivity contribution in [2.45, 2.75) is 50.4 Å². The van der Waals surface area contributed by atoms with Gasteiger partial charge in [-0.25, -0.2) is 0 Å². The Labute approximate surface area is 143 Å². The number of nitrogens with zero attached hydrogens (tertiary/aromatic N) is 2. The highest BCUT2D eigenvalue weighted by Gasteiger charge is 2.42. The first-order chi connectivity index (χ1) is 11.8. The molecular weight excluding hydrogens is 335 g/mol. The molecule has 3 rings (SSSR count). The van der Waals surface area contributed by atoms with Crippen LogP contribution in [0.5, 0.6) is 0 Å². The van der Waals surface area contributed by atoms with Gasteiger partial charge in [0.25, 0.3) is 0 Å². The number of alkyl halides is 3. The highest BCUT2D eigenvalue weighted by atomic mass is 19.4. The maximum atomic E-state index is 12.6. The fourth-order valence-electron chi connectivity index (χ4n) is 2.99. The second-order valence-electron chi connectivity index (χ2n) is 6.51. The van der Waals surface area contributed by atoms with Gasteiger partial charge in [-0.3, -0.25) is 0 Å². The third-order valence-electron chi connectivity index (χ3n) is 4.59. The summed E-state index contributed by atoms with van der Waals surface area (Å²) >= 11 is 0. The van der Waals surface area contributed by atoms with Crippen LogP contribution in [0.3, 0.4) is 0 Å². The number of nitrogens with one attached hydrogen (secondary N) is 1. The number of aliphatic hydroxyl groups excluding tert-OH is 1. The first-order valence-corrected chi connectivity index (χ1v) is 8.18. The highest BCUT2D eigenvalue weighted by molar-refractivity contribution is 5.25. The van der Waals surface area contributed by atoms with Gasteiger partial charge in [-0.05, 0) is 43.4 Å². The Morgan fingerprint density at radius 1 is 1.28 bits per heavy atom. The van der Waals surface area contributed by atoms with Crippen molar-refractivity contribution in [3.05, 3.63) is 47.1 Å². The molecule has 0 bridgehead atoms. The van der Waals surface area contributed by atoms with Gasteiger partial charge in [0, 0.05) is 13.5 Å². The monoisotopic (exact) mass is 355 g/mol. The second kappa shape index (κ2) is 6.76. The van der Waals surface area contributed by atoms with Crippen LogP contribution in [0.15, 0.2) is 28.8 Å². The Morgan fingerprint density at radius 3 is 2.44 bits per heavy atom. The first kappa shape index (κ1) is 17.9. The van der Waals surface area contributed by atoms with Crippen LogP contribution in [0.25, 0.3) is 0 Å². The third-order valence-corrected chi connectivity index (χ3v) is 4.59. The third kappa shape index (κ3) is 4.01. The first-order valence-electron chi connectivity index (χ1n) is 8.18. The van der Waals surface area contributed by atoms with Gasteiger partial charge in [0.1, 0.15) is 0 Å². The van der Waals surface area contributed by atoms with Gasteiger partial charge < -0.3 is 14.9 Å². The van der Waals surface area contributed by atoms with E-state index in [0.29, 0.717) is 23.8 Å². The van der Waals surface area contributed by atoms with E-state index in [-0.39, 0.29) is 12.0 Å². The molecule has 1 aromatic carbocycles. The average molecular weight is 355 g/mol. The molecule has 0 amide bonds. The maximum Gasteiger partial charge on any atom is 0.416 e. The predicted octanol–water partition coefficient (Wildman–Crippen LogP) is 2.97. The van der Waals surface area contributed by atoms with E-state index in [1.807, 2.05) is 0 Å². The molecule has 2 N–H and O–H groups in total. The molecule has 0 radical (unpaired) electrons. The van der Waals surface area contributed by atoms with Crippen molar-refractivity contribution in [2.24, 2.45) is 0 Å². The number of halogens is 3. The van der Waals surface area contributed by atoms with Crippen molar-refractivity contribution < 1.29 is 22.8 Å². The molecule has 2 aromatic rings. The van der Waals surface area contributed by atoms with E-state index in [1.165, 1.54) is 12.1 Å². The zero-order valence-corrected chi connectivity index (χ0v) is 13.8. The molecule has 1 aliphatic rings. The lowest BCUT2D eigenvalue weighted by Gasteiger charge is -2.40. The Morgan fingerprint density at radius 2 is 1.96 bits per heavy atom. The zero-order valence-electron chi connectivity index (χ0n) is 13.8. The van der Waals surface area contributed by atoms with Gasteiger partial charge >= 0.3 is 6.18 Å². The summed E-state index contributed by atoms with van der Waals surface area (Å²) in [4.78, 5) is 4.27. The number of hydrogen-bond acceptors (Lipinski definition) is 5. The van der Waals surface area contributed by atoms with Crippen LogP contribution in [0, 0.1) is 6.92 Å². The van der Waals surface area contributed by atoms with Crippen LogP contribution >= 0.6 is 0 Å². The quantitative estimate of drug-likeness (QED) is 0.834. The van der Waals surface area contributed by atoms with Gasteiger partial charge in [0.05, 0.1) is 17.2 Å². The SMILES string of the molecule is Cc1nc(C2(NCC(O)Cc3ccc(C(F)(F)F)cc3)CCC2)no1. The van der Waals surface area contributed by atoms with Gasteiger partial charge in [-0.1, -0.05) is 17.3 Å². The molecule has 8 heteroatoms. The van der Waals surface area contributed by atoms with Crippen LogP contribution < -0.4 is 5.32 Å². The fraction of sp³-hybridized carbons (Fsp3) is 0.529. The zero-order chi connectivity index (χ0) is 18.1. The number of aryl methyl sites for hydroxylation is 1. The minimum atomic E-state index is -4.35. The van der Waals surface area contributed by atoms with Crippen molar-refractivity contribution in [3.8, 4) is 0 Å². The molecule has 1 atom stereocenters. The summed E-state index contributed by atoms with van der Waals surface area (Å²) < 4.78 is 42.7. The van der Waals surface area contributed by atoms with Gasteiger partial charge in [0.15, 0.2) is 5.82 Å². The van der Waals surface area contributed by atoms with Crippen LogP contribution in [0.1, 0.15) is 42.1 Å². The van der Waals surface area contributed by atoms with Crippen LogP contribution in [-0.2, 0) is 18.1 Å². The lowest BCUT2D eigenvalue weighted by atomic mass is 9.76. The number of rotatable bonds is 6. The lowest BCUT2D eigenvalue weighted by Crippen LogP contribution is -2.51. The second-order valence-corrected chi connectivity index (χ2v) is 6.51. The predicted molar refractivity (Wildman–Crippen MR) is 83.7 cm³/mol. The molecule has 1 heterocycles. The number of hydrogen-bond donors (Lipinski definition) is 2. The molecule has 0 aliphatic heterocycles. The summed E-state index contributed by atoms with van der Waals surface area (Å²) in [6, 6.07) is 4.86. The van der Waals surface area contributed by atoms with E-state index in [2.05, 4.69) is 15.5 Å². The maximum absolute atomic E-state index is 12.6. The number of aromatic nitrogens is 2. The van der Waals surface area contributed by atoms with Crippen molar-refractivity contribution >= 4 is 0 Å². The van der Waals surface area contributed by atoms with Gasteiger partial charge in [-0.15, -0.1) is 0 Å². The van der Waals surface area contributed by atoms with Crippen LogP contribution in [-0.4, -0.2) is 27.9 Å². The molecule has 0 saturated heterocycles. The fourth-order valence-corrected chi connectivity index (χ4v) is 2.99. The topological polar surface area (TPSA) is 71.2 Å². The van der Waals surface area contributed by atoms with E-state index in [0.717, 1.165) is 31.4 Å². The summed E-state index contributed by atoms with van der Waals surface area (Å²) in [5.41, 5.74) is -0.413. The summed E-state index contributed by atoms with van der Waals surface area (Å²) in [5, 5.41) is 17.5. The van der Waals surface area contributed by atoms with E-state index in [9.17, 15) is 18.3 Å². The van der Waals surface area contributed by atoms with Gasteiger partial charge in [-0.2, -0.15) is 18.2 Å². The molecule has 1 aliphatic carbocycles. The Hall–Kier alpha value is -1.93. The molecule has 5 nitrogen and oxygen atoms in total. The number of aliphatic hydroxyl groups is 1. The Balaban J connectivity index is 1.56. The number of benzene rings is 1. The van der Waals surface area contributed by atoms with E-state index < -0.39 is 17.8 Å². The van der Waals surface area contributed by atoms with Gasteiger partial charge in [0.2, 0.25) is 5.89 Å². The van der Waals surface area contributed by atoms with Crippen molar-refractivity contribution in [1.82, 2.24) is 15.5 Å². The van der Waals surface area contributed by atoms with Crippen LogP contribution in [0.4, 0.5) is 13.2 Å². The van der Waals surface area contributed by atoms with Crippen LogP contribution in [0.2, 0.25) is 0 Å². The standard InChI is InChI=1S/C17H20F3N3O2/c1-11-22-15(23-25-11)16(7-2-8-16)21-10-14(24)9-12-3-5-13(6-4-12)17(18,19)20/h3-6,14,21,24H,2,7-10H2,1H3. The molecule has 1 fully saturated rings. The summed E-state index contributed by atoms with van der Waals surface area (Å²) in [5.74, 6) is 1.09. The lowest BCUT2D eigenvalue weighted by molar-refractivity contribution is -0.137. The molecule has 1 saturated carbocycles. The minimum Gasteiger partial charge on any atom is -0.391 e. The van der Waals surface area contributed by atoms with E-state index >= 15 is 0 Å². The van der Waals surface area contributed by atoms with Crippen molar-refractivity contribution in [3.63, 3.8) is 0 Å². The summed E-state index contributed by atoms with van der Waals surface area (Å²) in [6.45, 7) is 2.02. The molecular formula is C17H20F3N3O2. The van der Waals surface area contributed by atoms with Crippen molar-refractivity contribution in [1.29, 1.82) is 0 Å². The molecule has 25 heavy (non-hydrogen) atoms. The van der Waals surface area contributed by atoms with E-state index in [1.54, 1.807) is 6.92 Å².